The molecule has 0 saturated heterocycles. The van der Waals surface area contributed by atoms with Crippen molar-refractivity contribution in [3.63, 3.8) is 0 Å². The van der Waals surface area contributed by atoms with Crippen LogP contribution in [0.4, 0.5) is 5.69 Å². The summed E-state index contributed by atoms with van der Waals surface area (Å²) in [5.74, 6) is -0.495. The van der Waals surface area contributed by atoms with E-state index in [0.717, 1.165) is 0 Å². The number of benzene rings is 1. The molecule has 0 spiro atoms. The molecule has 5 heteroatoms. The molecule has 1 unspecified atom stereocenters. The Morgan fingerprint density at radius 3 is 2.81 bits per heavy atom. The number of hydrogen-bond donors (Lipinski definition) is 1. The van der Waals surface area contributed by atoms with Crippen molar-refractivity contribution in [2.45, 2.75) is 6.92 Å². The maximum Gasteiger partial charge on any atom is 0.310 e. The predicted octanol–water partition coefficient (Wildman–Crippen LogP) is 3.21. The second kappa shape index (κ2) is 5.97. The fourth-order valence-electron chi connectivity index (χ4n) is 1.19. The summed E-state index contributed by atoms with van der Waals surface area (Å²) < 4.78 is 4.62. The SMILES string of the molecule is COC(=O)C(C)CNc1cccc(Cl)c1Cl. The van der Waals surface area contributed by atoms with E-state index < -0.39 is 0 Å². The molecule has 1 aromatic carbocycles. The third-order valence-electron chi connectivity index (χ3n) is 2.15. The molecule has 3 nitrogen and oxygen atoms in total. The summed E-state index contributed by atoms with van der Waals surface area (Å²) in [7, 11) is 1.37. The molecular formula is C11H13Cl2NO2. The minimum atomic E-state index is -0.259. The lowest BCUT2D eigenvalue weighted by Crippen LogP contribution is -2.21. The van der Waals surface area contributed by atoms with Crippen molar-refractivity contribution in [2.75, 3.05) is 19.0 Å². The molecule has 0 saturated carbocycles. The van der Waals surface area contributed by atoms with Crippen LogP contribution in [0.2, 0.25) is 10.0 Å². The van der Waals surface area contributed by atoms with Crippen LogP contribution in [-0.2, 0) is 9.53 Å². The van der Waals surface area contributed by atoms with E-state index in [2.05, 4.69) is 10.1 Å². The van der Waals surface area contributed by atoms with E-state index in [-0.39, 0.29) is 11.9 Å². The van der Waals surface area contributed by atoms with Crippen LogP contribution in [-0.4, -0.2) is 19.6 Å². The number of halogens is 2. The average molecular weight is 262 g/mol. The molecule has 0 aromatic heterocycles. The second-order valence-electron chi connectivity index (χ2n) is 3.41. The van der Waals surface area contributed by atoms with Gasteiger partial charge in [-0.1, -0.05) is 36.2 Å². The van der Waals surface area contributed by atoms with Gasteiger partial charge in [0.05, 0.1) is 28.8 Å². The first-order valence-electron chi connectivity index (χ1n) is 4.82. The Kier molecular flexibility index (Phi) is 4.90. The quantitative estimate of drug-likeness (QED) is 0.846. The summed E-state index contributed by atoms with van der Waals surface area (Å²) in [6.07, 6.45) is 0. The van der Waals surface area contributed by atoms with E-state index in [0.29, 0.717) is 22.3 Å². The lowest BCUT2D eigenvalue weighted by atomic mass is 10.2. The molecule has 1 atom stereocenters. The summed E-state index contributed by atoms with van der Waals surface area (Å²) >= 11 is 11.8. The normalized spacial score (nSPS) is 12.0. The van der Waals surface area contributed by atoms with Gasteiger partial charge in [-0.15, -0.1) is 0 Å². The number of methoxy groups -OCH3 is 1. The highest BCUT2D eigenvalue weighted by molar-refractivity contribution is 6.43. The molecule has 0 aliphatic rings. The molecule has 0 heterocycles. The van der Waals surface area contributed by atoms with E-state index in [9.17, 15) is 4.79 Å². The van der Waals surface area contributed by atoms with Crippen molar-refractivity contribution in [3.05, 3.63) is 28.2 Å². The number of carbonyl (C=O) groups excluding carboxylic acids is 1. The molecule has 0 aliphatic heterocycles. The van der Waals surface area contributed by atoms with Crippen LogP contribution in [0.5, 0.6) is 0 Å². The summed E-state index contributed by atoms with van der Waals surface area (Å²) in [6, 6.07) is 5.30. The Balaban J connectivity index is 2.61. The Morgan fingerprint density at radius 1 is 1.50 bits per heavy atom. The number of hydrogen-bond acceptors (Lipinski definition) is 3. The lowest BCUT2D eigenvalue weighted by Gasteiger charge is -2.13. The number of ether oxygens (including phenoxy) is 1. The van der Waals surface area contributed by atoms with Gasteiger partial charge in [-0.25, -0.2) is 0 Å². The van der Waals surface area contributed by atoms with Gasteiger partial charge in [0.25, 0.3) is 0 Å². The molecule has 1 N–H and O–H groups in total. The zero-order valence-corrected chi connectivity index (χ0v) is 10.6. The predicted molar refractivity (Wildman–Crippen MR) is 66.1 cm³/mol. The minimum absolute atomic E-state index is 0.236. The van der Waals surface area contributed by atoms with Crippen molar-refractivity contribution in [1.82, 2.24) is 0 Å². The highest BCUT2D eigenvalue weighted by atomic mass is 35.5. The van der Waals surface area contributed by atoms with Crippen molar-refractivity contribution in [2.24, 2.45) is 5.92 Å². The fraction of sp³-hybridized carbons (Fsp3) is 0.364. The number of nitrogens with one attached hydrogen (secondary N) is 1. The topological polar surface area (TPSA) is 38.3 Å². The Morgan fingerprint density at radius 2 is 2.19 bits per heavy atom. The van der Waals surface area contributed by atoms with Gasteiger partial charge in [-0.05, 0) is 12.1 Å². The minimum Gasteiger partial charge on any atom is -0.469 e. The number of anilines is 1. The molecule has 1 rings (SSSR count). The summed E-state index contributed by atoms with van der Waals surface area (Å²) in [5, 5.41) is 3.99. The van der Waals surface area contributed by atoms with Crippen LogP contribution < -0.4 is 5.32 Å². The zero-order valence-electron chi connectivity index (χ0n) is 9.09. The Hall–Kier alpha value is -0.930. The fourth-order valence-corrected chi connectivity index (χ4v) is 1.56. The van der Waals surface area contributed by atoms with Gasteiger partial charge in [0.15, 0.2) is 0 Å². The van der Waals surface area contributed by atoms with Crippen LogP contribution in [0.1, 0.15) is 6.92 Å². The van der Waals surface area contributed by atoms with Gasteiger partial charge in [-0.3, -0.25) is 4.79 Å². The van der Waals surface area contributed by atoms with Crippen molar-refractivity contribution in [1.29, 1.82) is 0 Å². The maximum atomic E-state index is 11.2. The van der Waals surface area contributed by atoms with E-state index >= 15 is 0 Å². The third-order valence-corrected chi connectivity index (χ3v) is 2.97. The number of rotatable bonds is 4. The Labute approximate surface area is 105 Å². The summed E-state index contributed by atoms with van der Waals surface area (Å²) in [5.41, 5.74) is 0.713. The first-order valence-corrected chi connectivity index (χ1v) is 5.57. The number of esters is 1. The largest absolute Gasteiger partial charge is 0.469 e. The lowest BCUT2D eigenvalue weighted by molar-refractivity contribution is -0.144. The van der Waals surface area contributed by atoms with Gasteiger partial charge in [0.2, 0.25) is 0 Å². The van der Waals surface area contributed by atoms with Crippen LogP contribution in [0, 0.1) is 5.92 Å². The highest BCUT2D eigenvalue weighted by Crippen LogP contribution is 2.29. The molecular weight excluding hydrogens is 249 g/mol. The first-order chi connectivity index (χ1) is 7.56. The summed E-state index contributed by atoms with van der Waals surface area (Å²) in [6.45, 7) is 2.23. The molecule has 88 valence electrons. The molecule has 0 aliphatic carbocycles. The van der Waals surface area contributed by atoms with Crippen LogP contribution in [0.3, 0.4) is 0 Å². The molecule has 1 aromatic rings. The average Bonchev–Trinajstić information content (AvgIpc) is 2.29. The van der Waals surface area contributed by atoms with E-state index in [4.69, 9.17) is 23.2 Å². The van der Waals surface area contributed by atoms with Crippen molar-refractivity contribution in [3.8, 4) is 0 Å². The van der Waals surface area contributed by atoms with Gasteiger partial charge in [0.1, 0.15) is 0 Å². The first kappa shape index (κ1) is 13.1. The van der Waals surface area contributed by atoms with Crippen LogP contribution in [0.15, 0.2) is 18.2 Å². The van der Waals surface area contributed by atoms with E-state index in [1.165, 1.54) is 7.11 Å². The highest BCUT2D eigenvalue weighted by Gasteiger charge is 2.13. The molecule has 0 bridgehead atoms. The zero-order chi connectivity index (χ0) is 12.1. The molecule has 0 amide bonds. The summed E-state index contributed by atoms with van der Waals surface area (Å²) in [4.78, 5) is 11.2. The van der Waals surface area contributed by atoms with Crippen LogP contribution in [0.25, 0.3) is 0 Å². The number of carbonyl (C=O) groups is 1. The van der Waals surface area contributed by atoms with Gasteiger partial charge < -0.3 is 10.1 Å². The Bertz CT molecular complexity index is 382. The van der Waals surface area contributed by atoms with E-state index in [1.807, 2.05) is 0 Å². The second-order valence-corrected chi connectivity index (χ2v) is 4.19. The van der Waals surface area contributed by atoms with Crippen LogP contribution >= 0.6 is 23.2 Å². The maximum absolute atomic E-state index is 11.2. The third kappa shape index (κ3) is 3.29. The molecule has 16 heavy (non-hydrogen) atoms. The van der Waals surface area contributed by atoms with Crippen molar-refractivity contribution < 1.29 is 9.53 Å². The van der Waals surface area contributed by atoms with Gasteiger partial charge in [-0.2, -0.15) is 0 Å². The molecule has 0 radical (unpaired) electrons. The smallest absolute Gasteiger partial charge is 0.310 e. The monoisotopic (exact) mass is 261 g/mol. The molecule has 0 fully saturated rings. The standard InChI is InChI=1S/C11H13Cl2NO2/c1-7(11(15)16-2)6-14-9-5-3-4-8(12)10(9)13/h3-5,7,14H,6H2,1-2H3. The van der Waals surface area contributed by atoms with Gasteiger partial charge >= 0.3 is 5.97 Å². The van der Waals surface area contributed by atoms with Gasteiger partial charge in [0, 0.05) is 6.54 Å². The van der Waals surface area contributed by atoms with Crippen molar-refractivity contribution >= 4 is 34.9 Å². The van der Waals surface area contributed by atoms with E-state index in [1.54, 1.807) is 25.1 Å².